The lowest BCUT2D eigenvalue weighted by molar-refractivity contribution is -0.218. The lowest BCUT2D eigenvalue weighted by Crippen LogP contribution is -2.76. The van der Waals surface area contributed by atoms with Crippen molar-refractivity contribution < 1.29 is 46.3 Å². The molecule has 0 aliphatic carbocycles. The molecular formula is C29H37N9O10S2. The summed E-state index contributed by atoms with van der Waals surface area (Å²) >= 11 is 0.961. The van der Waals surface area contributed by atoms with E-state index in [1.165, 1.54) is 19.2 Å². The van der Waals surface area contributed by atoms with Crippen molar-refractivity contribution in [3.05, 3.63) is 41.4 Å². The quantitative estimate of drug-likeness (QED) is 0.0451. The van der Waals surface area contributed by atoms with E-state index < -0.39 is 58.2 Å². The summed E-state index contributed by atoms with van der Waals surface area (Å²) in [6.07, 6.45) is -0.859. The first-order valence-corrected chi connectivity index (χ1v) is 17.6. The monoisotopic (exact) mass is 735 g/mol. The molecule has 2 aliphatic rings. The predicted molar refractivity (Wildman–Crippen MR) is 181 cm³/mol. The number of ether oxygens (including phenoxy) is 1. The molecule has 3 aromatic rings. The number of pyridine rings is 1. The maximum Gasteiger partial charge on any atom is 0.418 e. The fraction of sp³-hybridized carbons (Fsp3) is 0.448. The SMILES string of the molecule is CC1(C)C(NC(=O)/C(=N\OC(COc2ccc3nc(N(CCCN)CC4CNC4)ccc3c2)C(=O)O)c2csc(N)n2)C(=O)N1OS(=O)(=O)O. The number of hydrogen-bond acceptors (Lipinski definition) is 16. The van der Waals surface area contributed by atoms with Crippen LogP contribution in [0.25, 0.3) is 10.9 Å². The van der Waals surface area contributed by atoms with E-state index in [9.17, 15) is 27.9 Å². The summed E-state index contributed by atoms with van der Waals surface area (Å²) < 4.78 is 41.2. The number of aliphatic carboxylic acids is 1. The van der Waals surface area contributed by atoms with E-state index in [0.717, 1.165) is 55.1 Å². The minimum Gasteiger partial charge on any atom is -0.489 e. The van der Waals surface area contributed by atoms with E-state index in [0.29, 0.717) is 28.8 Å². The molecule has 0 bridgehead atoms. The molecular weight excluding hydrogens is 699 g/mol. The van der Waals surface area contributed by atoms with Gasteiger partial charge in [0.05, 0.1) is 11.1 Å². The Kier molecular flexibility index (Phi) is 11.0. The highest BCUT2D eigenvalue weighted by atomic mass is 32.3. The first-order chi connectivity index (χ1) is 23.7. The van der Waals surface area contributed by atoms with E-state index in [1.54, 1.807) is 18.2 Å². The molecule has 270 valence electrons. The number of carboxylic acid groups (broad SMARTS) is 1. The highest BCUT2D eigenvalue weighted by molar-refractivity contribution is 7.80. The zero-order valence-electron chi connectivity index (χ0n) is 27.0. The molecule has 19 nitrogen and oxygen atoms in total. The Bertz CT molecular complexity index is 1880. The molecule has 0 spiro atoms. The van der Waals surface area contributed by atoms with Gasteiger partial charge in [-0.25, -0.2) is 14.8 Å². The number of rotatable bonds is 17. The third kappa shape index (κ3) is 8.54. The number of nitrogens with zero attached hydrogens (tertiary/aromatic N) is 5. The van der Waals surface area contributed by atoms with Gasteiger partial charge in [-0.05, 0) is 57.1 Å². The number of aromatic nitrogens is 2. The zero-order valence-corrected chi connectivity index (χ0v) is 28.6. The molecule has 2 aliphatic heterocycles. The molecule has 5 rings (SSSR count). The standard InChI is InChI=1S/C29H37N9O10S2/c1-29(2)24(26(40)38(29)48-50(43,44)45)35-25(39)23(20-15-49-28(31)34-20)36-47-21(27(41)42)14-46-18-5-6-19-17(10-18)4-7-22(33-19)37(9-3-8-30)13-16-11-32-12-16/h4-7,10,15-16,21,24,32H,3,8-9,11-14,30H2,1-2H3,(H2,31,34)(H,35,39)(H,41,42)(H,43,44,45)/b36-23-. The topological polar surface area (TPSA) is 274 Å². The van der Waals surface area contributed by atoms with E-state index in [1.807, 2.05) is 12.1 Å². The van der Waals surface area contributed by atoms with Gasteiger partial charge in [-0.1, -0.05) is 5.16 Å². The number of carboxylic acids is 1. The average molecular weight is 736 g/mol. The number of nitrogens with one attached hydrogen (secondary N) is 2. The van der Waals surface area contributed by atoms with Crippen molar-refractivity contribution in [1.29, 1.82) is 0 Å². The third-order valence-corrected chi connectivity index (χ3v) is 9.01. The van der Waals surface area contributed by atoms with Crippen molar-refractivity contribution in [2.45, 2.75) is 38.0 Å². The number of thiazole rings is 1. The molecule has 50 heavy (non-hydrogen) atoms. The van der Waals surface area contributed by atoms with E-state index in [2.05, 4.69) is 30.0 Å². The van der Waals surface area contributed by atoms with Crippen LogP contribution in [0.4, 0.5) is 10.9 Å². The van der Waals surface area contributed by atoms with Crippen LogP contribution in [0.3, 0.4) is 0 Å². The van der Waals surface area contributed by atoms with Gasteiger partial charge in [0.25, 0.3) is 17.9 Å². The minimum atomic E-state index is -5.02. The van der Waals surface area contributed by atoms with Crippen molar-refractivity contribution in [2.75, 3.05) is 50.0 Å². The number of β-lactam (4-membered cyclic amide) rings is 1. The Morgan fingerprint density at radius 3 is 2.62 bits per heavy atom. The van der Waals surface area contributed by atoms with E-state index in [-0.39, 0.29) is 10.8 Å². The number of nitrogens with two attached hydrogens (primary N) is 2. The number of oxime groups is 1. The molecule has 2 saturated heterocycles. The van der Waals surface area contributed by atoms with Crippen LogP contribution in [0.1, 0.15) is 26.0 Å². The van der Waals surface area contributed by atoms with E-state index >= 15 is 0 Å². The Labute approximate surface area is 290 Å². The fourth-order valence-electron chi connectivity index (χ4n) is 5.18. The smallest absolute Gasteiger partial charge is 0.418 e. The first kappa shape index (κ1) is 36.6. The lowest BCUT2D eigenvalue weighted by Gasteiger charge is -2.50. The van der Waals surface area contributed by atoms with Gasteiger partial charge in [0.1, 0.15) is 29.9 Å². The molecule has 0 saturated carbocycles. The van der Waals surface area contributed by atoms with Crippen LogP contribution >= 0.6 is 11.3 Å². The van der Waals surface area contributed by atoms with Gasteiger partial charge < -0.3 is 41.7 Å². The van der Waals surface area contributed by atoms with Gasteiger partial charge in [0.15, 0.2) is 10.8 Å². The van der Waals surface area contributed by atoms with Crippen LogP contribution in [-0.2, 0) is 33.9 Å². The summed E-state index contributed by atoms with van der Waals surface area (Å²) in [7, 11) is -5.02. The molecule has 0 radical (unpaired) electrons. The molecule has 2 amide bonds. The number of benzene rings is 1. The number of fused-ring (bicyclic) bond motifs is 1. The van der Waals surface area contributed by atoms with Crippen molar-refractivity contribution in [3.63, 3.8) is 0 Å². The fourth-order valence-corrected chi connectivity index (χ4v) is 6.19. The molecule has 4 heterocycles. The molecule has 2 unspecified atom stereocenters. The second-order valence-corrected chi connectivity index (χ2v) is 14.0. The van der Waals surface area contributed by atoms with Crippen molar-refractivity contribution in [1.82, 2.24) is 25.7 Å². The van der Waals surface area contributed by atoms with Gasteiger partial charge in [-0.2, -0.15) is 13.5 Å². The van der Waals surface area contributed by atoms with Gasteiger partial charge >= 0.3 is 16.4 Å². The molecule has 2 fully saturated rings. The van der Waals surface area contributed by atoms with Crippen molar-refractivity contribution >= 4 is 67.1 Å². The van der Waals surface area contributed by atoms with Gasteiger partial charge in [0, 0.05) is 42.9 Å². The normalized spacial score (nSPS) is 18.2. The first-order valence-electron chi connectivity index (χ1n) is 15.4. The Balaban J connectivity index is 1.27. The third-order valence-electron chi connectivity index (χ3n) is 8.00. The van der Waals surface area contributed by atoms with Gasteiger partial charge in [0.2, 0.25) is 0 Å². The summed E-state index contributed by atoms with van der Waals surface area (Å²) in [5, 5.41) is 21.8. The van der Waals surface area contributed by atoms with Crippen LogP contribution in [-0.4, -0.2) is 114 Å². The summed E-state index contributed by atoms with van der Waals surface area (Å²) in [5.41, 5.74) is 10.1. The van der Waals surface area contributed by atoms with Crippen LogP contribution in [0, 0.1) is 5.92 Å². The number of hydrogen-bond donors (Lipinski definition) is 6. The largest absolute Gasteiger partial charge is 0.489 e. The van der Waals surface area contributed by atoms with Crippen LogP contribution < -0.4 is 31.7 Å². The summed E-state index contributed by atoms with van der Waals surface area (Å²) in [5.74, 6) is -1.76. The second kappa shape index (κ2) is 15.1. The molecule has 1 aromatic carbocycles. The molecule has 2 aromatic heterocycles. The maximum absolute atomic E-state index is 13.3. The van der Waals surface area contributed by atoms with Crippen LogP contribution in [0.2, 0.25) is 0 Å². The lowest BCUT2D eigenvalue weighted by atomic mass is 9.84. The highest BCUT2D eigenvalue weighted by Gasteiger charge is 2.58. The second-order valence-electron chi connectivity index (χ2n) is 12.1. The Hall–Kier alpha value is -4.67. The van der Waals surface area contributed by atoms with Crippen LogP contribution in [0.5, 0.6) is 5.75 Å². The van der Waals surface area contributed by atoms with E-state index in [4.69, 9.17) is 30.6 Å². The number of amides is 2. The number of anilines is 2. The number of carbonyl (C=O) groups excluding carboxylic acids is 2. The number of hydroxylamine groups is 2. The summed E-state index contributed by atoms with van der Waals surface area (Å²) in [6, 6.07) is 7.60. The maximum atomic E-state index is 13.3. The van der Waals surface area contributed by atoms with Gasteiger partial charge in [-0.3, -0.25) is 14.1 Å². The molecule has 8 N–H and O–H groups in total. The van der Waals surface area contributed by atoms with Crippen molar-refractivity contribution in [2.24, 2.45) is 16.8 Å². The summed E-state index contributed by atoms with van der Waals surface area (Å²) in [6.45, 7) is 6.37. The highest BCUT2D eigenvalue weighted by Crippen LogP contribution is 2.33. The predicted octanol–water partition coefficient (Wildman–Crippen LogP) is -0.259. The Morgan fingerprint density at radius 2 is 2.02 bits per heavy atom. The molecule has 2 atom stereocenters. The zero-order chi connectivity index (χ0) is 36.2. The van der Waals surface area contributed by atoms with Gasteiger partial charge in [-0.15, -0.1) is 15.6 Å². The Morgan fingerprint density at radius 1 is 1.26 bits per heavy atom. The van der Waals surface area contributed by atoms with Crippen molar-refractivity contribution in [3.8, 4) is 5.75 Å². The van der Waals surface area contributed by atoms with Crippen LogP contribution in [0.15, 0.2) is 40.9 Å². The summed E-state index contributed by atoms with van der Waals surface area (Å²) in [4.78, 5) is 54.2. The number of carbonyl (C=O) groups is 3. The minimum absolute atomic E-state index is 0.0586. The average Bonchev–Trinajstić information content (AvgIpc) is 3.47. The molecule has 21 heteroatoms. The number of nitrogen functional groups attached to an aromatic ring is 1.